The van der Waals surface area contributed by atoms with E-state index in [1.54, 1.807) is 47.0 Å². The van der Waals surface area contributed by atoms with Gasteiger partial charge in [-0.05, 0) is 48.7 Å². The minimum Gasteiger partial charge on any atom is -0.335 e. The Kier molecular flexibility index (Phi) is 10.1. The summed E-state index contributed by atoms with van der Waals surface area (Å²) >= 11 is 6.20. The lowest BCUT2D eigenvalue weighted by atomic mass is 10.0. The number of amides is 1. The third-order valence-electron chi connectivity index (χ3n) is 6.71. The smallest absolute Gasteiger partial charge is 0.264 e. The summed E-state index contributed by atoms with van der Waals surface area (Å²) in [7, 11) is -3.85. The number of aryl methyl sites for hydroxylation is 1. The first-order valence-corrected chi connectivity index (χ1v) is 15.7. The molecule has 4 aromatic rings. The van der Waals surface area contributed by atoms with Crippen molar-refractivity contribution in [3.63, 3.8) is 0 Å². The summed E-state index contributed by atoms with van der Waals surface area (Å²) in [5.41, 5.74) is 2.52. The molecule has 2 unspecified atom stereocenters. The molecule has 0 fully saturated rings. The van der Waals surface area contributed by atoms with Crippen LogP contribution in [0, 0.1) is 12.8 Å². The summed E-state index contributed by atoms with van der Waals surface area (Å²) in [6.45, 7) is 3.14. The molecule has 0 aliphatic rings. The Morgan fingerprint density at radius 1 is 1.07 bits per heavy atom. The van der Waals surface area contributed by atoms with Gasteiger partial charge in [0.2, 0.25) is 0 Å². The maximum absolute atomic E-state index is 14.9. The van der Waals surface area contributed by atoms with Crippen LogP contribution in [0.1, 0.15) is 34.2 Å². The van der Waals surface area contributed by atoms with Crippen LogP contribution >= 0.6 is 11.6 Å². The van der Waals surface area contributed by atoms with Crippen molar-refractivity contribution in [2.24, 2.45) is 5.92 Å². The van der Waals surface area contributed by atoms with Crippen molar-refractivity contribution in [2.75, 3.05) is 26.0 Å². The van der Waals surface area contributed by atoms with Crippen LogP contribution in [-0.2, 0) is 27.3 Å². The summed E-state index contributed by atoms with van der Waals surface area (Å²) in [6, 6.07) is 21.4. The third kappa shape index (κ3) is 8.47. The average molecular weight is 614 g/mol. The second kappa shape index (κ2) is 13.6. The number of aromatic nitrogens is 2. The number of carbonyl (C=O) groups excluding carboxylic acids is 1. The van der Waals surface area contributed by atoms with Crippen molar-refractivity contribution in [1.29, 1.82) is 0 Å². The molecule has 42 heavy (non-hydrogen) atoms. The summed E-state index contributed by atoms with van der Waals surface area (Å²) in [5, 5.41) is 0.892. The van der Waals surface area contributed by atoms with Gasteiger partial charge in [-0.15, -0.1) is 0 Å². The zero-order chi connectivity index (χ0) is 30.4. The Labute approximate surface area is 249 Å². The van der Waals surface area contributed by atoms with E-state index in [2.05, 4.69) is 4.18 Å². The molecule has 0 aliphatic carbocycles. The molecule has 0 N–H and O–H groups in total. The molecule has 8 nitrogen and oxygen atoms in total. The average Bonchev–Trinajstić information content (AvgIpc) is 2.93. The maximum Gasteiger partial charge on any atom is 0.264 e. The summed E-state index contributed by atoms with van der Waals surface area (Å²) in [6.07, 6.45) is -0.590. The molecule has 0 saturated heterocycles. The number of fused-ring (bicyclic) bond motifs is 1. The number of hydrogen-bond donors (Lipinski definition) is 0. The molecule has 2 atom stereocenters. The molecule has 0 radical (unpaired) electrons. The first-order chi connectivity index (χ1) is 19.9. The zero-order valence-corrected chi connectivity index (χ0v) is 25.2. The number of benzene rings is 3. The van der Waals surface area contributed by atoms with Gasteiger partial charge in [0.05, 0.1) is 36.9 Å². The van der Waals surface area contributed by atoms with Crippen LogP contribution in [0.5, 0.6) is 0 Å². The van der Waals surface area contributed by atoms with Gasteiger partial charge in [0, 0.05) is 23.6 Å². The van der Waals surface area contributed by atoms with Crippen LogP contribution < -0.4 is 5.56 Å². The maximum atomic E-state index is 14.9. The number of nitrogens with zero attached hydrogens (tertiary/aromatic N) is 3. The molecular weight excluding hydrogens is 581 g/mol. The fourth-order valence-electron chi connectivity index (χ4n) is 4.69. The van der Waals surface area contributed by atoms with Crippen LogP contribution in [0.15, 0.2) is 77.6 Å². The highest BCUT2D eigenvalue weighted by Crippen LogP contribution is 2.19. The van der Waals surface area contributed by atoms with Gasteiger partial charge < -0.3 is 4.90 Å². The quantitative estimate of drug-likeness (QED) is 0.208. The van der Waals surface area contributed by atoms with Crippen molar-refractivity contribution in [2.45, 2.75) is 33.0 Å². The number of rotatable bonds is 12. The van der Waals surface area contributed by atoms with E-state index in [0.29, 0.717) is 40.3 Å². The topological polar surface area (TPSA) is 98.6 Å². The molecular formula is C31H33ClFN3O5S. The lowest BCUT2D eigenvalue weighted by molar-refractivity contribution is 0.0646. The molecule has 1 amide bonds. The van der Waals surface area contributed by atoms with E-state index < -0.39 is 28.8 Å². The lowest BCUT2D eigenvalue weighted by Crippen LogP contribution is -2.41. The minimum absolute atomic E-state index is 0.126. The summed E-state index contributed by atoms with van der Waals surface area (Å²) in [4.78, 5) is 33.2. The summed E-state index contributed by atoms with van der Waals surface area (Å²) in [5.74, 6) is -0.150. The van der Waals surface area contributed by atoms with E-state index in [1.165, 1.54) is 4.90 Å². The fraction of sp³-hybridized carbons (Fsp3) is 0.323. The minimum atomic E-state index is -3.85. The van der Waals surface area contributed by atoms with E-state index >= 15 is 0 Å². The first kappa shape index (κ1) is 31.3. The molecule has 11 heteroatoms. The number of carbonyl (C=O) groups is 1. The molecule has 0 aliphatic heterocycles. The lowest BCUT2D eigenvalue weighted by Gasteiger charge is -2.28. The van der Waals surface area contributed by atoms with E-state index in [0.717, 1.165) is 17.4 Å². The molecule has 4 rings (SSSR count). The Morgan fingerprint density at radius 3 is 2.43 bits per heavy atom. The highest BCUT2D eigenvalue weighted by atomic mass is 35.5. The SMILES string of the molecule is Cc1ccc(C(=O)N(CC(C)Cc2nc3cc(Cl)ccc3c(=O)n2Cc2ccccc2)CC(F)COS(C)(=O)=O)cc1. The first-order valence-electron chi connectivity index (χ1n) is 13.5. The Morgan fingerprint density at radius 2 is 1.76 bits per heavy atom. The Balaban J connectivity index is 1.63. The standard InChI is InChI=1S/C31H33ClFN3O5S/c1-21-9-11-24(12-10-21)30(37)35(19-26(33)20-41-42(3,39)40)17-22(2)15-29-34-28-16-25(32)13-14-27(28)31(38)36(29)18-23-7-5-4-6-8-23/h4-14,16,22,26H,15,17-20H2,1-3H3. The van der Waals surface area contributed by atoms with Crippen molar-refractivity contribution < 1.29 is 21.8 Å². The highest BCUT2D eigenvalue weighted by Gasteiger charge is 2.24. The van der Waals surface area contributed by atoms with E-state index in [1.807, 2.05) is 44.2 Å². The van der Waals surface area contributed by atoms with Gasteiger partial charge in [-0.2, -0.15) is 8.42 Å². The van der Waals surface area contributed by atoms with Crippen molar-refractivity contribution >= 4 is 38.5 Å². The van der Waals surface area contributed by atoms with Gasteiger partial charge in [0.15, 0.2) is 0 Å². The van der Waals surface area contributed by atoms with Crippen LogP contribution in [-0.4, -0.2) is 60.9 Å². The normalized spacial score (nSPS) is 13.2. The monoisotopic (exact) mass is 613 g/mol. The van der Waals surface area contributed by atoms with E-state index in [4.69, 9.17) is 16.6 Å². The van der Waals surface area contributed by atoms with E-state index in [9.17, 15) is 22.4 Å². The molecule has 3 aromatic carbocycles. The number of alkyl halides is 1. The molecule has 222 valence electrons. The van der Waals surface area contributed by atoms with Crippen LogP contribution in [0.25, 0.3) is 10.9 Å². The second-order valence-corrected chi connectivity index (χ2v) is 12.6. The van der Waals surface area contributed by atoms with Crippen LogP contribution in [0.2, 0.25) is 5.02 Å². The fourth-order valence-corrected chi connectivity index (χ4v) is 5.25. The number of hydrogen-bond acceptors (Lipinski definition) is 6. The van der Waals surface area contributed by atoms with Gasteiger partial charge in [-0.3, -0.25) is 18.3 Å². The van der Waals surface area contributed by atoms with Crippen molar-refractivity contribution in [1.82, 2.24) is 14.5 Å². The molecule has 0 saturated carbocycles. The van der Waals surface area contributed by atoms with Crippen LogP contribution in [0.3, 0.4) is 0 Å². The van der Waals surface area contributed by atoms with Gasteiger partial charge in [-0.25, -0.2) is 9.37 Å². The molecule has 1 heterocycles. The Bertz CT molecular complexity index is 1710. The predicted molar refractivity (Wildman–Crippen MR) is 162 cm³/mol. The predicted octanol–water partition coefficient (Wildman–Crippen LogP) is 5.04. The van der Waals surface area contributed by atoms with Crippen LogP contribution in [0.4, 0.5) is 4.39 Å². The molecule has 1 aromatic heterocycles. The van der Waals surface area contributed by atoms with Gasteiger partial charge in [0.25, 0.3) is 21.6 Å². The molecule has 0 spiro atoms. The summed E-state index contributed by atoms with van der Waals surface area (Å²) < 4.78 is 43.9. The second-order valence-electron chi connectivity index (χ2n) is 10.5. The van der Waals surface area contributed by atoms with Gasteiger partial charge in [-0.1, -0.05) is 66.6 Å². The molecule has 0 bridgehead atoms. The Hall–Kier alpha value is -3.60. The van der Waals surface area contributed by atoms with Gasteiger partial charge >= 0.3 is 0 Å². The number of halogens is 2. The highest BCUT2D eigenvalue weighted by molar-refractivity contribution is 7.85. The zero-order valence-electron chi connectivity index (χ0n) is 23.7. The largest absolute Gasteiger partial charge is 0.335 e. The van der Waals surface area contributed by atoms with E-state index in [-0.39, 0.29) is 24.6 Å². The van der Waals surface area contributed by atoms with Crippen molar-refractivity contribution in [3.05, 3.63) is 111 Å². The van der Waals surface area contributed by atoms with Gasteiger partial charge in [0.1, 0.15) is 12.0 Å². The van der Waals surface area contributed by atoms with Crippen molar-refractivity contribution in [3.8, 4) is 0 Å². The third-order valence-corrected chi connectivity index (χ3v) is 7.51.